The molecule has 1 aliphatic rings. The molecular weight excluding hydrogens is 287 g/mol. The van der Waals surface area contributed by atoms with Crippen LogP contribution in [0.2, 0.25) is 0 Å². The molecule has 116 valence electrons. The molecule has 7 heteroatoms. The summed E-state index contributed by atoms with van der Waals surface area (Å²) < 4.78 is 15.2. The first-order chi connectivity index (χ1) is 10.5. The molecule has 0 bridgehead atoms. The summed E-state index contributed by atoms with van der Waals surface area (Å²) in [7, 11) is 0. The average Bonchev–Trinajstić information content (AvgIpc) is 2.48. The van der Waals surface area contributed by atoms with E-state index in [2.05, 4.69) is 10.3 Å². The summed E-state index contributed by atoms with van der Waals surface area (Å²) in [5.74, 6) is -0.164. The molecule has 0 saturated carbocycles. The summed E-state index contributed by atoms with van der Waals surface area (Å²) in [6.07, 6.45) is 0. The first kappa shape index (κ1) is 14.5. The minimum absolute atomic E-state index is 0.116. The van der Waals surface area contributed by atoms with Gasteiger partial charge in [-0.25, -0.2) is 13.8 Å². The summed E-state index contributed by atoms with van der Waals surface area (Å²) in [6.45, 7) is 4.94. The predicted octanol–water partition coefficient (Wildman–Crippen LogP) is 1.26. The number of benzene rings is 1. The van der Waals surface area contributed by atoms with Crippen LogP contribution in [0.25, 0.3) is 5.69 Å². The number of aromatic amines is 1. The Balaban J connectivity index is 2.22. The Morgan fingerprint density at radius 3 is 2.64 bits per heavy atom. The Morgan fingerprint density at radius 1 is 1.23 bits per heavy atom. The van der Waals surface area contributed by atoms with E-state index < -0.39 is 17.1 Å². The van der Waals surface area contributed by atoms with Crippen LogP contribution in [0.15, 0.2) is 33.9 Å². The number of rotatable bonds is 2. The number of para-hydroxylation sites is 1. The summed E-state index contributed by atoms with van der Waals surface area (Å²) in [5.41, 5.74) is -0.543. The lowest BCUT2D eigenvalue weighted by molar-refractivity contribution is 0.219. The third kappa shape index (κ3) is 2.33. The number of aromatic nitrogens is 2. The smallest absolute Gasteiger partial charge is 0.334 e. The fraction of sp³-hybridized carbons (Fsp3) is 0.333. The minimum atomic E-state index is -0.653. The van der Waals surface area contributed by atoms with E-state index in [-0.39, 0.29) is 11.7 Å². The van der Waals surface area contributed by atoms with E-state index in [4.69, 9.17) is 0 Å². The zero-order valence-electron chi connectivity index (χ0n) is 12.4. The van der Waals surface area contributed by atoms with Crippen molar-refractivity contribution in [1.82, 2.24) is 14.5 Å². The number of halogens is 1. The van der Waals surface area contributed by atoms with Crippen LogP contribution in [0.3, 0.4) is 0 Å². The third-order valence-corrected chi connectivity index (χ3v) is 3.84. The van der Waals surface area contributed by atoms with Gasteiger partial charge in [-0.2, -0.15) is 0 Å². The lowest BCUT2D eigenvalue weighted by Gasteiger charge is -2.33. The van der Waals surface area contributed by atoms with Gasteiger partial charge in [0, 0.05) is 12.6 Å². The van der Waals surface area contributed by atoms with Crippen LogP contribution in [-0.4, -0.2) is 27.2 Å². The molecule has 6 nitrogen and oxygen atoms in total. The van der Waals surface area contributed by atoms with Gasteiger partial charge in [-0.05, 0) is 26.0 Å². The summed E-state index contributed by atoms with van der Waals surface area (Å²) in [4.78, 5) is 28.6. The van der Waals surface area contributed by atoms with Crippen LogP contribution in [0.4, 0.5) is 10.2 Å². The van der Waals surface area contributed by atoms with Crippen molar-refractivity contribution in [2.45, 2.75) is 26.4 Å². The van der Waals surface area contributed by atoms with Crippen LogP contribution in [0, 0.1) is 5.82 Å². The molecule has 0 aliphatic carbocycles. The van der Waals surface area contributed by atoms with Crippen molar-refractivity contribution in [2.75, 3.05) is 12.0 Å². The second kappa shape index (κ2) is 5.42. The van der Waals surface area contributed by atoms with Crippen LogP contribution >= 0.6 is 0 Å². The zero-order valence-corrected chi connectivity index (χ0v) is 12.4. The first-order valence-electron chi connectivity index (χ1n) is 7.10. The van der Waals surface area contributed by atoms with Crippen molar-refractivity contribution in [3.63, 3.8) is 0 Å². The Bertz CT molecular complexity index is 825. The molecule has 0 atom stereocenters. The normalized spacial score (nSPS) is 14.7. The molecule has 1 aromatic heterocycles. The molecule has 2 aromatic rings. The average molecular weight is 304 g/mol. The fourth-order valence-corrected chi connectivity index (χ4v) is 2.57. The van der Waals surface area contributed by atoms with E-state index in [1.165, 1.54) is 16.7 Å². The van der Waals surface area contributed by atoms with Gasteiger partial charge >= 0.3 is 5.69 Å². The second-order valence-corrected chi connectivity index (χ2v) is 5.55. The van der Waals surface area contributed by atoms with Crippen molar-refractivity contribution in [3.8, 4) is 5.69 Å². The maximum absolute atomic E-state index is 14.0. The molecule has 0 saturated heterocycles. The zero-order chi connectivity index (χ0) is 15.9. The standard InChI is InChI=1S/C15H17FN4O2/c1-9(2)19-7-10-13(17-8-19)20(15(22)18-14(10)21)12-6-4-3-5-11(12)16/h3-6,9,17H,7-8H2,1-2H3,(H,18,21,22). The monoisotopic (exact) mass is 304 g/mol. The number of nitrogens with one attached hydrogen (secondary N) is 2. The molecule has 22 heavy (non-hydrogen) atoms. The Hall–Kier alpha value is -2.41. The quantitative estimate of drug-likeness (QED) is 0.876. The van der Waals surface area contributed by atoms with Gasteiger partial charge in [0.2, 0.25) is 0 Å². The van der Waals surface area contributed by atoms with Gasteiger partial charge in [0.05, 0.1) is 17.9 Å². The number of hydrogen-bond acceptors (Lipinski definition) is 4. The van der Waals surface area contributed by atoms with E-state index >= 15 is 0 Å². The van der Waals surface area contributed by atoms with E-state index in [0.29, 0.717) is 24.6 Å². The molecular formula is C15H17FN4O2. The Kier molecular flexibility index (Phi) is 3.58. The molecule has 0 unspecified atom stereocenters. The highest BCUT2D eigenvalue weighted by atomic mass is 19.1. The van der Waals surface area contributed by atoms with Crippen molar-refractivity contribution in [3.05, 3.63) is 56.5 Å². The highest BCUT2D eigenvalue weighted by Gasteiger charge is 2.25. The number of H-pyrrole nitrogens is 1. The minimum Gasteiger partial charge on any atom is -0.358 e. The second-order valence-electron chi connectivity index (χ2n) is 5.55. The Morgan fingerprint density at radius 2 is 1.95 bits per heavy atom. The van der Waals surface area contributed by atoms with Gasteiger partial charge < -0.3 is 5.32 Å². The van der Waals surface area contributed by atoms with Crippen LogP contribution in [-0.2, 0) is 6.54 Å². The van der Waals surface area contributed by atoms with Gasteiger partial charge in [0.25, 0.3) is 5.56 Å². The van der Waals surface area contributed by atoms with Gasteiger partial charge in [0.15, 0.2) is 0 Å². The predicted molar refractivity (Wildman–Crippen MR) is 81.8 cm³/mol. The van der Waals surface area contributed by atoms with Crippen LogP contribution in [0.1, 0.15) is 19.4 Å². The molecule has 0 spiro atoms. The largest absolute Gasteiger partial charge is 0.358 e. The molecule has 0 radical (unpaired) electrons. The van der Waals surface area contributed by atoms with E-state index in [1.54, 1.807) is 12.1 Å². The van der Waals surface area contributed by atoms with Gasteiger partial charge in [0.1, 0.15) is 11.6 Å². The maximum Gasteiger partial charge on any atom is 0.334 e. The van der Waals surface area contributed by atoms with Crippen LogP contribution in [0.5, 0.6) is 0 Å². The van der Waals surface area contributed by atoms with Crippen LogP contribution < -0.4 is 16.6 Å². The highest BCUT2D eigenvalue weighted by molar-refractivity contribution is 5.52. The summed E-state index contributed by atoms with van der Waals surface area (Å²) in [6, 6.07) is 6.23. The van der Waals surface area contributed by atoms with Gasteiger partial charge in [-0.1, -0.05) is 12.1 Å². The molecule has 1 aromatic carbocycles. The van der Waals surface area contributed by atoms with Crippen molar-refractivity contribution in [1.29, 1.82) is 0 Å². The highest BCUT2D eigenvalue weighted by Crippen LogP contribution is 2.22. The maximum atomic E-state index is 14.0. The van der Waals surface area contributed by atoms with Gasteiger partial charge in [-0.15, -0.1) is 0 Å². The van der Waals surface area contributed by atoms with Crippen molar-refractivity contribution < 1.29 is 4.39 Å². The van der Waals surface area contributed by atoms with Crippen molar-refractivity contribution >= 4 is 5.82 Å². The molecule has 3 rings (SSSR count). The third-order valence-electron chi connectivity index (χ3n) is 3.84. The number of nitrogens with zero attached hydrogens (tertiary/aromatic N) is 2. The van der Waals surface area contributed by atoms with E-state index in [1.807, 2.05) is 18.7 Å². The van der Waals surface area contributed by atoms with E-state index in [9.17, 15) is 14.0 Å². The molecule has 0 amide bonds. The van der Waals surface area contributed by atoms with E-state index in [0.717, 1.165) is 0 Å². The lowest BCUT2D eigenvalue weighted by Crippen LogP contribution is -2.45. The number of hydrogen-bond donors (Lipinski definition) is 2. The molecule has 0 fully saturated rings. The topological polar surface area (TPSA) is 70.1 Å². The lowest BCUT2D eigenvalue weighted by atomic mass is 10.2. The van der Waals surface area contributed by atoms with Crippen molar-refractivity contribution in [2.24, 2.45) is 0 Å². The number of fused-ring (bicyclic) bond motifs is 1. The summed E-state index contributed by atoms with van der Waals surface area (Å²) >= 11 is 0. The summed E-state index contributed by atoms with van der Waals surface area (Å²) in [5, 5.41) is 3.07. The first-order valence-corrected chi connectivity index (χ1v) is 7.10. The molecule has 2 heterocycles. The van der Waals surface area contributed by atoms with Gasteiger partial charge in [-0.3, -0.25) is 14.7 Å². The molecule has 2 N–H and O–H groups in total. The fourth-order valence-electron chi connectivity index (χ4n) is 2.57. The number of anilines is 1. The molecule has 1 aliphatic heterocycles. The Labute approximate surface area is 126 Å². The SMILES string of the molecule is CC(C)N1CNc2c(c(=O)[nH]c(=O)n2-c2ccccc2F)C1.